The summed E-state index contributed by atoms with van der Waals surface area (Å²) in [5.74, 6) is -0.751. The molecule has 0 spiro atoms. The molecule has 0 aliphatic rings. The van der Waals surface area contributed by atoms with Crippen molar-refractivity contribution in [3.63, 3.8) is 0 Å². The standard InChI is InChI=1S/C22H23N5O3S2/c1-14-6-8-17(9-7-14)26(15(2)21(29)30)11-10-19(28)24-16-4-3-5-18(12-16)27-13-23-25-20(27)22(31)32/h3-9,12-13,15H,10-11H2,1-2H3,(H,24,28)(H,29,30)(H,31,32). The van der Waals surface area contributed by atoms with Gasteiger partial charge in [0.15, 0.2) is 5.82 Å². The molecule has 1 unspecified atom stereocenters. The number of aromatic nitrogens is 3. The van der Waals surface area contributed by atoms with Gasteiger partial charge in [-0.1, -0.05) is 36.0 Å². The molecule has 0 bridgehead atoms. The number of hydrogen-bond donors (Lipinski definition) is 3. The van der Waals surface area contributed by atoms with Crippen molar-refractivity contribution in [2.24, 2.45) is 0 Å². The molecule has 1 heterocycles. The van der Waals surface area contributed by atoms with Crippen LogP contribution in [0.3, 0.4) is 0 Å². The van der Waals surface area contributed by atoms with E-state index in [1.807, 2.05) is 37.3 Å². The summed E-state index contributed by atoms with van der Waals surface area (Å²) in [6.45, 7) is 3.82. The Morgan fingerprint density at radius 2 is 1.97 bits per heavy atom. The average Bonchev–Trinajstić information content (AvgIpc) is 3.25. The van der Waals surface area contributed by atoms with Crippen molar-refractivity contribution in [2.45, 2.75) is 26.3 Å². The van der Waals surface area contributed by atoms with Crippen LogP contribution < -0.4 is 10.2 Å². The van der Waals surface area contributed by atoms with Crippen LogP contribution in [0.4, 0.5) is 11.4 Å². The Bertz CT molecular complexity index is 1130. The second kappa shape index (κ2) is 10.4. The summed E-state index contributed by atoms with van der Waals surface area (Å²) in [6.07, 6.45) is 1.64. The van der Waals surface area contributed by atoms with Crippen LogP contribution in [0.5, 0.6) is 0 Å². The molecule has 2 N–H and O–H groups in total. The average molecular weight is 470 g/mol. The second-order valence-corrected chi connectivity index (χ2v) is 8.38. The first-order valence-electron chi connectivity index (χ1n) is 9.86. The van der Waals surface area contributed by atoms with Crippen LogP contribution in [0.25, 0.3) is 5.69 Å². The molecule has 32 heavy (non-hydrogen) atoms. The minimum absolute atomic E-state index is 0.119. The molecule has 0 radical (unpaired) electrons. The van der Waals surface area contributed by atoms with Gasteiger partial charge in [-0.3, -0.25) is 9.36 Å². The van der Waals surface area contributed by atoms with Gasteiger partial charge in [-0.15, -0.1) is 22.8 Å². The summed E-state index contributed by atoms with van der Waals surface area (Å²) in [5.41, 5.74) is 3.14. The molecule has 166 valence electrons. The third-order valence-electron chi connectivity index (χ3n) is 4.92. The normalized spacial score (nSPS) is 11.6. The topological polar surface area (TPSA) is 100 Å². The molecule has 0 aliphatic carbocycles. The van der Waals surface area contributed by atoms with Crippen LogP contribution in [-0.4, -0.2) is 48.5 Å². The van der Waals surface area contributed by atoms with Crippen LogP contribution in [0.15, 0.2) is 54.9 Å². The Morgan fingerprint density at radius 1 is 1.25 bits per heavy atom. The highest BCUT2D eigenvalue weighted by molar-refractivity contribution is 8.11. The highest BCUT2D eigenvalue weighted by Crippen LogP contribution is 2.20. The zero-order valence-corrected chi connectivity index (χ0v) is 19.3. The van der Waals surface area contributed by atoms with Crippen LogP contribution >= 0.6 is 24.8 Å². The number of anilines is 2. The van der Waals surface area contributed by atoms with Crippen molar-refractivity contribution in [2.75, 3.05) is 16.8 Å². The van der Waals surface area contributed by atoms with E-state index in [0.29, 0.717) is 15.7 Å². The number of amides is 1. The number of carbonyl (C=O) groups is 2. The minimum atomic E-state index is -0.953. The summed E-state index contributed by atoms with van der Waals surface area (Å²) in [7, 11) is 0. The number of carboxylic acids is 1. The smallest absolute Gasteiger partial charge is 0.326 e. The van der Waals surface area contributed by atoms with Gasteiger partial charge in [0.05, 0.1) is 5.69 Å². The van der Waals surface area contributed by atoms with Gasteiger partial charge in [-0.2, -0.15) is 0 Å². The van der Waals surface area contributed by atoms with E-state index in [1.54, 1.807) is 34.6 Å². The predicted octanol–water partition coefficient (Wildman–Crippen LogP) is 3.49. The van der Waals surface area contributed by atoms with Crippen LogP contribution in [0.2, 0.25) is 0 Å². The molecule has 0 saturated carbocycles. The fourth-order valence-electron chi connectivity index (χ4n) is 3.16. The number of benzene rings is 2. The van der Waals surface area contributed by atoms with Gasteiger partial charge in [0, 0.05) is 24.3 Å². The van der Waals surface area contributed by atoms with Crippen LogP contribution in [0, 0.1) is 6.92 Å². The number of nitrogens with one attached hydrogen (secondary N) is 1. The second-order valence-electron chi connectivity index (χ2n) is 7.22. The molecule has 0 fully saturated rings. The molecule has 3 rings (SSSR count). The van der Waals surface area contributed by atoms with Gasteiger partial charge in [0.1, 0.15) is 16.6 Å². The Hall–Kier alpha value is -3.24. The molecule has 2 aromatic carbocycles. The third kappa shape index (κ3) is 5.71. The van der Waals surface area contributed by atoms with Crippen LogP contribution in [0.1, 0.15) is 24.7 Å². The maximum absolute atomic E-state index is 12.6. The number of carbonyl (C=O) groups excluding carboxylic acids is 1. The fraction of sp³-hybridized carbons (Fsp3) is 0.227. The maximum atomic E-state index is 12.6. The van der Waals surface area contributed by atoms with E-state index in [0.717, 1.165) is 16.9 Å². The van der Waals surface area contributed by atoms with Crippen molar-refractivity contribution in [1.29, 1.82) is 0 Å². The zero-order chi connectivity index (χ0) is 23.3. The maximum Gasteiger partial charge on any atom is 0.326 e. The minimum Gasteiger partial charge on any atom is -0.480 e. The van der Waals surface area contributed by atoms with Crippen LogP contribution in [-0.2, 0) is 9.59 Å². The third-order valence-corrected chi connectivity index (χ3v) is 5.30. The van der Waals surface area contributed by atoms with Crippen molar-refractivity contribution in [3.05, 3.63) is 66.2 Å². The number of rotatable bonds is 9. The number of nitrogens with zero attached hydrogens (tertiary/aromatic N) is 4. The van der Waals surface area contributed by atoms with Gasteiger partial charge in [0.25, 0.3) is 0 Å². The van der Waals surface area contributed by atoms with Crippen molar-refractivity contribution in [3.8, 4) is 5.69 Å². The molecule has 10 heteroatoms. The summed E-state index contributed by atoms with van der Waals surface area (Å²) >= 11 is 9.24. The van der Waals surface area contributed by atoms with E-state index in [9.17, 15) is 14.7 Å². The predicted molar refractivity (Wildman–Crippen MR) is 131 cm³/mol. The number of aryl methyl sites for hydroxylation is 1. The monoisotopic (exact) mass is 469 g/mol. The van der Waals surface area contributed by atoms with Gasteiger partial charge in [0.2, 0.25) is 5.91 Å². The SMILES string of the molecule is Cc1ccc(N(CCC(=O)Nc2cccc(-n3cnnc3C(=S)S)c2)C(C)C(=O)O)cc1. The lowest BCUT2D eigenvalue weighted by molar-refractivity contribution is -0.138. The van der Waals surface area contributed by atoms with E-state index < -0.39 is 12.0 Å². The van der Waals surface area contributed by atoms with E-state index in [4.69, 9.17) is 12.2 Å². The lowest BCUT2D eigenvalue weighted by Crippen LogP contribution is -2.40. The molecule has 0 saturated heterocycles. The molecule has 3 aromatic rings. The Labute approximate surface area is 196 Å². The number of aliphatic carboxylic acids is 1. The summed E-state index contributed by atoms with van der Waals surface area (Å²) in [5, 5.41) is 20.2. The number of carboxylic acid groups (broad SMARTS) is 1. The Kier molecular flexibility index (Phi) is 7.60. The first-order valence-corrected chi connectivity index (χ1v) is 10.7. The summed E-state index contributed by atoms with van der Waals surface area (Å²) in [6, 6.07) is 13.9. The van der Waals surface area contributed by atoms with Gasteiger partial charge < -0.3 is 15.3 Å². The summed E-state index contributed by atoms with van der Waals surface area (Å²) < 4.78 is 1.99. The highest BCUT2D eigenvalue weighted by Gasteiger charge is 2.22. The quantitative estimate of drug-likeness (QED) is 0.326. The van der Waals surface area contributed by atoms with E-state index in [-0.39, 0.29) is 18.9 Å². The summed E-state index contributed by atoms with van der Waals surface area (Å²) in [4.78, 5) is 25.9. The molecule has 8 nitrogen and oxygen atoms in total. The first kappa shape index (κ1) is 23.4. The van der Waals surface area contributed by atoms with E-state index >= 15 is 0 Å². The lowest BCUT2D eigenvalue weighted by Gasteiger charge is -2.28. The van der Waals surface area contributed by atoms with Crippen molar-refractivity contribution in [1.82, 2.24) is 14.8 Å². The number of hydrogen-bond acceptors (Lipinski definition) is 6. The largest absolute Gasteiger partial charge is 0.480 e. The lowest BCUT2D eigenvalue weighted by atomic mass is 10.1. The van der Waals surface area contributed by atoms with Gasteiger partial charge in [-0.25, -0.2) is 4.79 Å². The molecule has 1 aromatic heterocycles. The van der Waals surface area contributed by atoms with E-state index in [1.165, 1.54) is 6.33 Å². The Balaban J connectivity index is 1.70. The van der Waals surface area contributed by atoms with Crippen molar-refractivity contribution < 1.29 is 14.7 Å². The number of thiocarbonyl (C=S) groups is 1. The molecule has 1 atom stereocenters. The zero-order valence-electron chi connectivity index (χ0n) is 17.6. The highest BCUT2D eigenvalue weighted by atomic mass is 32.1. The van der Waals surface area contributed by atoms with E-state index in [2.05, 4.69) is 28.1 Å². The number of thiol groups is 1. The van der Waals surface area contributed by atoms with Gasteiger partial charge >= 0.3 is 5.97 Å². The fourth-order valence-corrected chi connectivity index (χ4v) is 3.46. The molecular formula is C22H23N5O3S2. The molecule has 1 amide bonds. The molecule has 0 aliphatic heterocycles. The molecular weight excluding hydrogens is 446 g/mol. The Morgan fingerprint density at radius 3 is 2.62 bits per heavy atom. The van der Waals surface area contributed by atoms with Gasteiger partial charge in [-0.05, 0) is 44.2 Å². The van der Waals surface area contributed by atoms with Crippen molar-refractivity contribution >= 4 is 52.3 Å². The first-order chi connectivity index (χ1) is 15.3.